The van der Waals surface area contributed by atoms with E-state index in [4.69, 9.17) is 4.74 Å². The number of ether oxygens (including phenoxy) is 1. The summed E-state index contributed by atoms with van der Waals surface area (Å²) in [6.45, 7) is 7.52. The first kappa shape index (κ1) is 19.1. The molecule has 0 spiro atoms. The summed E-state index contributed by atoms with van der Waals surface area (Å²) in [5, 5.41) is 8.57. The standard InChI is InChI=1S/C20H24N4O2S/c1-14(2)9-11-24-12-10-17(23-24)18-22-15(3)19(27-18)26-20(25)21-13-16-7-5-4-6-8-16/h4-8,10,12,14H,9,11,13H2,1-3H3,(H,21,25). The Labute approximate surface area is 163 Å². The molecule has 27 heavy (non-hydrogen) atoms. The lowest BCUT2D eigenvalue weighted by molar-refractivity contribution is 0.201. The molecule has 7 heteroatoms. The highest BCUT2D eigenvalue weighted by Gasteiger charge is 2.15. The molecule has 0 radical (unpaired) electrons. The fourth-order valence-corrected chi connectivity index (χ4v) is 3.35. The van der Waals surface area contributed by atoms with Crippen molar-refractivity contribution in [2.45, 2.75) is 40.3 Å². The maximum absolute atomic E-state index is 12.1. The Hall–Kier alpha value is -2.67. The highest BCUT2D eigenvalue weighted by atomic mass is 32.1. The van der Waals surface area contributed by atoms with Gasteiger partial charge in [0.1, 0.15) is 10.7 Å². The number of thiazole rings is 1. The van der Waals surface area contributed by atoms with Gasteiger partial charge < -0.3 is 10.1 Å². The molecule has 3 rings (SSSR count). The Kier molecular flexibility index (Phi) is 6.24. The van der Waals surface area contributed by atoms with Crippen molar-refractivity contribution in [2.24, 2.45) is 5.92 Å². The molecule has 0 aliphatic rings. The number of carbonyl (C=O) groups excluding carboxylic acids is 1. The van der Waals surface area contributed by atoms with Crippen LogP contribution in [0, 0.1) is 12.8 Å². The third-order valence-electron chi connectivity index (χ3n) is 4.01. The van der Waals surface area contributed by atoms with E-state index < -0.39 is 6.09 Å². The number of carbonyl (C=O) groups is 1. The molecule has 0 aliphatic heterocycles. The summed E-state index contributed by atoms with van der Waals surface area (Å²) >= 11 is 1.33. The first-order valence-electron chi connectivity index (χ1n) is 9.02. The van der Waals surface area contributed by atoms with Gasteiger partial charge in [-0.2, -0.15) is 5.10 Å². The molecular formula is C20H24N4O2S. The van der Waals surface area contributed by atoms with E-state index in [0.717, 1.165) is 29.2 Å². The molecule has 0 unspecified atom stereocenters. The fraction of sp³-hybridized carbons (Fsp3) is 0.350. The van der Waals surface area contributed by atoms with Gasteiger partial charge in [0, 0.05) is 19.3 Å². The second kappa shape index (κ2) is 8.81. The molecule has 2 heterocycles. The predicted octanol–water partition coefficient (Wildman–Crippen LogP) is 4.65. The summed E-state index contributed by atoms with van der Waals surface area (Å²) in [7, 11) is 0. The van der Waals surface area contributed by atoms with E-state index >= 15 is 0 Å². The average Bonchev–Trinajstić information content (AvgIpc) is 3.26. The van der Waals surface area contributed by atoms with E-state index in [9.17, 15) is 4.79 Å². The number of hydrogen-bond acceptors (Lipinski definition) is 5. The number of amides is 1. The maximum atomic E-state index is 12.1. The molecule has 1 amide bonds. The Bertz CT molecular complexity index is 887. The van der Waals surface area contributed by atoms with Crippen LogP contribution in [-0.4, -0.2) is 20.9 Å². The Balaban J connectivity index is 1.60. The van der Waals surface area contributed by atoms with Crippen LogP contribution in [0.25, 0.3) is 10.7 Å². The van der Waals surface area contributed by atoms with E-state index in [1.165, 1.54) is 11.3 Å². The molecule has 1 N–H and O–H groups in total. The van der Waals surface area contributed by atoms with Crippen LogP contribution in [0.5, 0.6) is 5.06 Å². The second-order valence-electron chi connectivity index (χ2n) is 6.77. The number of rotatable bonds is 7. The number of aromatic nitrogens is 3. The molecule has 0 fully saturated rings. The zero-order valence-electron chi connectivity index (χ0n) is 15.8. The smallest absolute Gasteiger partial charge is 0.397 e. The molecule has 6 nitrogen and oxygen atoms in total. The number of nitrogens with one attached hydrogen (secondary N) is 1. The molecule has 142 valence electrons. The van der Waals surface area contributed by atoms with Gasteiger partial charge >= 0.3 is 6.09 Å². The zero-order chi connectivity index (χ0) is 19.2. The summed E-state index contributed by atoms with van der Waals surface area (Å²) < 4.78 is 7.36. The Morgan fingerprint density at radius 2 is 2.04 bits per heavy atom. The number of aryl methyl sites for hydroxylation is 2. The first-order valence-corrected chi connectivity index (χ1v) is 9.84. The Morgan fingerprint density at radius 1 is 1.26 bits per heavy atom. The van der Waals surface area contributed by atoms with Gasteiger partial charge in [-0.15, -0.1) is 0 Å². The fourth-order valence-electron chi connectivity index (χ4n) is 2.47. The van der Waals surface area contributed by atoms with Crippen LogP contribution in [-0.2, 0) is 13.1 Å². The van der Waals surface area contributed by atoms with Crippen LogP contribution in [0.1, 0.15) is 31.5 Å². The third-order valence-corrected chi connectivity index (χ3v) is 5.07. The summed E-state index contributed by atoms with van der Waals surface area (Å²) in [6.07, 6.45) is 2.55. The lowest BCUT2D eigenvalue weighted by Crippen LogP contribution is -2.26. The van der Waals surface area contributed by atoms with Crippen LogP contribution in [0.15, 0.2) is 42.6 Å². The van der Waals surface area contributed by atoms with Crippen molar-refractivity contribution in [3.05, 3.63) is 53.9 Å². The van der Waals surface area contributed by atoms with Gasteiger partial charge in [0.2, 0.25) is 5.06 Å². The van der Waals surface area contributed by atoms with Gasteiger partial charge in [-0.25, -0.2) is 9.78 Å². The minimum absolute atomic E-state index is 0.421. The molecule has 0 saturated carbocycles. The van der Waals surface area contributed by atoms with Gasteiger partial charge in [0.05, 0.1) is 5.69 Å². The van der Waals surface area contributed by atoms with E-state index in [1.807, 2.05) is 54.2 Å². The summed E-state index contributed by atoms with van der Waals surface area (Å²) in [4.78, 5) is 16.6. The topological polar surface area (TPSA) is 69.0 Å². The van der Waals surface area contributed by atoms with Crippen molar-refractivity contribution < 1.29 is 9.53 Å². The SMILES string of the molecule is Cc1nc(-c2ccn(CCC(C)C)n2)sc1OC(=O)NCc1ccccc1. The van der Waals surface area contributed by atoms with Crippen molar-refractivity contribution in [1.29, 1.82) is 0 Å². The van der Waals surface area contributed by atoms with Crippen LogP contribution in [0.2, 0.25) is 0 Å². The van der Waals surface area contributed by atoms with Crippen LogP contribution >= 0.6 is 11.3 Å². The number of nitrogens with zero attached hydrogens (tertiary/aromatic N) is 3. The molecule has 0 bridgehead atoms. The highest BCUT2D eigenvalue weighted by molar-refractivity contribution is 7.17. The first-order chi connectivity index (χ1) is 13.0. The molecule has 2 aromatic heterocycles. The van der Waals surface area contributed by atoms with E-state index in [1.54, 1.807) is 0 Å². The van der Waals surface area contributed by atoms with E-state index in [0.29, 0.717) is 23.2 Å². The average molecular weight is 385 g/mol. The second-order valence-corrected chi connectivity index (χ2v) is 7.73. The zero-order valence-corrected chi connectivity index (χ0v) is 16.6. The summed E-state index contributed by atoms with van der Waals surface area (Å²) in [5.74, 6) is 0.633. The maximum Gasteiger partial charge on any atom is 0.413 e. The van der Waals surface area contributed by atoms with Crippen molar-refractivity contribution in [3.63, 3.8) is 0 Å². The minimum atomic E-state index is -0.486. The normalized spacial score (nSPS) is 11.0. The van der Waals surface area contributed by atoms with Crippen molar-refractivity contribution in [2.75, 3.05) is 0 Å². The molecule has 3 aromatic rings. The van der Waals surface area contributed by atoms with Crippen LogP contribution in [0.3, 0.4) is 0 Å². The molecule has 0 atom stereocenters. The van der Waals surface area contributed by atoms with Gasteiger partial charge in [0.25, 0.3) is 0 Å². The quantitative estimate of drug-likeness (QED) is 0.644. The Morgan fingerprint density at radius 3 is 2.78 bits per heavy atom. The van der Waals surface area contributed by atoms with E-state index in [2.05, 4.69) is 29.2 Å². The number of benzene rings is 1. The van der Waals surface area contributed by atoms with Crippen molar-refractivity contribution in [1.82, 2.24) is 20.1 Å². The lowest BCUT2D eigenvalue weighted by Gasteiger charge is -2.05. The van der Waals surface area contributed by atoms with Crippen LogP contribution < -0.4 is 10.1 Å². The molecular weight excluding hydrogens is 360 g/mol. The van der Waals surface area contributed by atoms with Gasteiger partial charge in [-0.1, -0.05) is 55.5 Å². The highest BCUT2D eigenvalue weighted by Crippen LogP contribution is 2.32. The molecule has 1 aromatic carbocycles. The molecule has 0 aliphatic carbocycles. The van der Waals surface area contributed by atoms with Gasteiger partial charge in [-0.3, -0.25) is 4.68 Å². The minimum Gasteiger partial charge on any atom is -0.397 e. The van der Waals surface area contributed by atoms with Gasteiger partial charge in [0.15, 0.2) is 0 Å². The van der Waals surface area contributed by atoms with Gasteiger partial charge in [-0.05, 0) is 30.9 Å². The van der Waals surface area contributed by atoms with E-state index in [-0.39, 0.29) is 0 Å². The lowest BCUT2D eigenvalue weighted by atomic mass is 10.1. The summed E-state index contributed by atoms with van der Waals surface area (Å²) in [5.41, 5.74) is 2.50. The molecule has 0 saturated heterocycles. The third kappa shape index (κ3) is 5.40. The predicted molar refractivity (Wildman–Crippen MR) is 107 cm³/mol. The van der Waals surface area contributed by atoms with Crippen molar-refractivity contribution in [3.8, 4) is 15.8 Å². The monoisotopic (exact) mass is 384 g/mol. The summed E-state index contributed by atoms with van der Waals surface area (Å²) in [6, 6.07) is 11.6. The van der Waals surface area contributed by atoms with Crippen molar-refractivity contribution >= 4 is 17.4 Å². The largest absolute Gasteiger partial charge is 0.413 e. The van der Waals surface area contributed by atoms with Crippen LogP contribution in [0.4, 0.5) is 4.79 Å². The number of hydrogen-bond donors (Lipinski definition) is 1.